The number of benzene rings is 1. The Bertz CT molecular complexity index is 1010. The summed E-state index contributed by atoms with van der Waals surface area (Å²) >= 11 is 0. The number of fused-ring (bicyclic) bond motifs is 1. The average Bonchev–Trinajstić information content (AvgIpc) is 2.78. The van der Waals surface area contributed by atoms with Crippen molar-refractivity contribution in [2.24, 2.45) is 13.0 Å². The van der Waals surface area contributed by atoms with Crippen LogP contribution < -0.4 is 10.5 Å². The van der Waals surface area contributed by atoms with Crippen molar-refractivity contribution < 1.29 is 9.59 Å². The summed E-state index contributed by atoms with van der Waals surface area (Å²) in [6.45, 7) is 7.30. The van der Waals surface area contributed by atoms with Crippen LogP contribution in [-0.4, -0.2) is 59.4 Å². The molecule has 1 aliphatic rings. The van der Waals surface area contributed by atoms with Crippen LogP contribution in [0.4, 0.5) is 5.69 Å². The van der Waals surface area contributed by atoms with Crippen molar-refractivity contribution in [2.45, 2.75) is 33.2 Å². The number of aryl methyl sites for hydroxylation is 1. The van der Waals surface area contributed by atoms with E-state index in [1.54, 1.807) is 19.3 Å². The maximum Gasteiger partial charge on any atom is 0.255 e. The van der Waals surface area contributed by atoms with Crippen molar-refractivity contribution in [3.05, 3.63) is 64.1 Å². The Balaban J connectivity index is 1.98. The molecular weight excluding hydrogens is 404 g/mol. The summed E-state index contributed by atoms with van der Waals surface area (Å²) in [4.78, 5) is 44.2. The van der Waals surface area contributed by atoms with E-state index in [1.807, 2.05) is 41.1 Å². The SMILES string of the molecule is CC(C)CC(=O)N1CCCN(C)CCN(C(=O)c2ccc(=O)n(C)c2)Cc2ccccc21. The molecule has 1 aliphatic heterocycles. The van der Waals surface area contributed by atoms with Gasteiger partial charge in [0.05, 0.1) is 5.56 Å². The molecule has 32 heavy (non-hydrogen) atoms. The lowest BCUT2D eigenvalue weighted by Crippen LogP contribution is -2.37. The van der Waals surface area contributed by atoms with E-state index in [2.05, 4.69) is 18.7 Å². The molecule has 0 saturated carbocycles. The summed E-state index contributed by atoms with van der Waals surface area (Å²) in [6.07, 6.45) is 2.94. The molecule has 2 aromatic rings. The maximum atomic E-state index is 13.4. The Kier molecular flexibility index (Phi) is 7.85. The van der Waals surface area contributed by atoms with Gasteiger partial charge in [-0.2, -0.15) is 0 Å². The smallest absolute Gasteiger partial charge is 0.255 e. The predicted octanol–water partition coefficient (Wildman–Crippen LogP) is 2.74. The van der Waals surface area contributed by atoms with Crippen LogP contribution in [0.2, 0.25) is 0 Å². The van der Waals surface area contributed by atoms with Gasteiger partial charge in [0.25, 0.3) is 5.91 Å². The van der Waals surface area contributed by atoms with Crippen molar-refractivity contribution in [1.82, 2.24) is 14.4 Å². The molecule has 0 aliphatic carbocycles. The van der Waals surface area contributed by atoms with Gasteiger partial charge in [-0.25, -0.2) is 0 Å². The monoisotopic (exact) mass is 438 g/mol. The van der Waals surface area contributed by atoms with Crippen LogP contribution >= 0.6 is 0 Å². The Labute approximate surface area is 190 Å². The zero-order valence-electron chi connectivity index (χ0n) is 19.6. The largest absolute Gasteiger partial charge is 0.333 e. The van der Waals surface area contributed by atoms with Crippen molar-refractivity contribution >= 4 is 17.5 Å². The van der Waals surface area contributed by atoms with Gasteiger partial charge in [0, 0.05) is 57.6 Å². The lowest BCUT2D eigenvalue weighted by atomic mass is 10.1. The van der Waals surface area contributed by atoms with Crippen LogP contribution in [0.5, 0.6) is 0 Å². The highest BCUT2D eigenvalue weighted by atomic mass is 16.2. The first-order valence-corrected chi connectivity index (χ1v) is 11.3. The molecule has 0 saturated heterocycles. The molecule has 0 spiro atoms. The lowest BCUT2D eigenvalue weighted by molar-refractivity contribution is -0.119. The highest BCUT2D eigenvalue weighted by molar-refractivity contribution is 5.95. The second kappa shape index (κ2) is 10.6. The summed E-state index contributed by atoms with van der Waals surface area (Å²) < 4.78 is 1.42. The van der Waals surface area contributed by atoms with Gasteiger partial charge in [-0.1, -0.05) is 32.0 Å². The highest BCUT2D eigenvalue weighted by Crippen LogP contribution is 2.25. The summed E-state index contributed by atoms with van der Waals surface area (Å²) in [5, 5.41) is 0. The first kappa shape index (κ1) is 23.7. The van der Waals surface area contributed by atoms with Crippen molar-refractivity contribution in [3.8, 4) is 0 Å². The highest BCUT2D eigenvalue weighted by Gasteiger charge is 2.24. The van der Waals surface area contributed by atoms with Gasteiger partial charge < -0.3 is 19.3 Å². The van der Waals surface area contributed by atoms with Crippen LogP contribution in [0.25, 0.3) is 0 Å². The van der Waals surface area contributed by atoms with Crippen LogP contribution in [-0.2, 0) is 18.4 Å². The number of amides is 2. The molecule has 0 unspecified atom stereocenters. The summed E-state index contributed by atoms with van der Waals surface area (Å²) in [5.74, 6) is 0.270. The molecule has 1 aromatic heterocycles. The van der Waals surface area contributed by atoms with Crippen LogP contribution in [0.1, 0.15) is 42.6 Å². The average molecular weight is 439 g/mol. The third-order valence-corrected chi connectivity index (χ3v) is 5.82. The van der Waals surface area contributed by atoms with E-state index in [4.69, 9.17) is 0 Å². The van der Waals surface area contributed by atoms with Crippen LogP contribution in [0, 0.1) is 5.92 Å². The first-order valence-electron chi connectivity index (χ1n) is 11.3. The number of pyridine rings is 1. The Morgan fingerprint density at radius 3 is 2.44 bits per heavy atom. The first-order chi connectivity index (χ1) is 15.3. The van der Waals surface area contributed by atoms with Crippen LogP contribution in [0.15, 0.2) is 47.4 Å². The van der Waals surface area contributed by atoms with E-state index >= 15 is 0 Å². The van der Waals surface area contributed by atoms with Crippen molar-refractivity contribution in [1.29, 1.82) is 0 Å². The number of carbonyl (C=O) groups is 2. The molecule has 0 N–H and O–H groups in total. The van der Waals surface area contributed by atoms with E-state index in [-0.39, 0.29) is 23.3 Å². The van der Waals surface area contributed by atoms with Gasteiger partial charge in [-0.05, 0) is 43.6 Å². The van der Waals surface area contributed by atoms with Gasteiger partial charge in [0.1, 0.15) is 0 Å². The number of aromatic nitrogens is 1. The van der Waals surface area contributed by atoms with Gasteiger partial charge in [0.2, 0.25) is 11.5 Å². The minimum Gasteiger partial charge on any atom is -0.333 e. The normalized spacial score (nSPS) is 15.9. The summed E-state index contributed by atoms with van der Waals surface area (Å²) in [7, 11) is 3.69. The van der Waals surface area contributed by atoms with Crippen LogP contribution in [0.3, 0.4) is 0 Å². The van der Waals surface area contributed by atoms with E-state index < -0.39 is 0 Å². The lowest BCUT2D eigenvalue weighted by Gasteiger charge is -2.28. The summed E-state index contributed by atoms with van der Waals surface area (Å²) in [5.41, 5.74) is 2.16. The second-order valence-electron chi connectivity index (χ2n) is 9.02. The molecule has 0 bridgehead atoms. The van der Waals surface area contributed by atoms with E-state index in [0.29, 0.717) is 31.6 Å². The molecule has 7 heteroatoms. The molecule has 7 nitrogen and oxygen atoms in total. The van der Waals surface area contributed by atoms with Crippen molar-refractivity contribution in [3.63, 3.8) is 0 Å². The van der Waals surface area contributed by atoms with E-state index in [0.717, 1.165) is 30.8 Å². The number of carbonyl (C=O) groups excluding carboxylic acids is 2. The number of anilines is 1. The minimum atomic E-state index is -0.150. The van der Waals surface area contributed by atoms with E-state index in [9.17, 15) is 14.4 Å². The van der Waals surface area contributed by atoms with Gasteiger partial charge in [-0.15, -0.1) is 0 Å². The molecule has 0 radical (unpaired) electrons. The Morgan fingerprint density at radius 1 is 0.969 bits per heavy atom. The number of nitrogens with zero attached hydrogens (tertiary/aromatic N) is 4. The molecule has 1 aromatic carbocycles. The molecule has 2 amide bonds. The molecule has 3 rings (SSSR count). The minimum absolute atomic E-state index is 0.116. The summed E-state index contributed by atoms with van der Waals surface area (Å²) in [6, 6.07) is 10.9. The molecular formula is C25H34N4O3. The van der Waals surface area contributed by atoms with Gasteiger partial charge in [-0.3, -0.25) is 14.4 Å². The Morgan fingerprint density at radius 2 is 1.72 bits per heavy atom. The number of likely N-dealkylation sites (N-methyl/N-ethyl adjacent to an activating group) is 1. The third-order valence-electron chi connectivity index (χ3n) is 5.82. The quantitative estimate of drug-likeness (QED) is 0.739. The maximum absolute atomic E-state index is 13.4. The zero-order valence-corrected chi connectivity index (χ0v) is 19.6. The Hall–Kier alpha value is -2.93. The predicted molar refractivity (Wildman–Crippen MR) is 127 cm³/mol. The van der Waals surface area contributed by atoms with Crippen molar-refractivity contribution in [2.75, 3.05) is 38.1 Å². The number of hydrogen-bond acceptors (Lipinski definition) is 4. The molecule has 172 valence electrons. The zero-order chi connectivity index (χ0) is 23.3. The number of hydrogen-bond donors (Lipinski definition) is 0. The molecule has 0 fully saturated rings. The number of para-hydroxylation sites is 1. The van der Waals surface area contributed by atoms with Gasteiger partial charge in [0.15, 0.2) is 0 Å². The fraction of sp³-hybridized carbons (Fsp3) is 0.480. The van der Waals surface area contributed by atoms with E-state index in [1.165, 1.54) is 10.6 Å². The third kappa shape index (κ3) is 5.85. The van der Waals surface area contributed by atoms with Gasteiger partial charge >= 0.3 is 0 Å². The fourth-order valence-electron chi connectivity index (χ4n) is 4.01. The molecule has 2 heterocycles. The fourth-order valence-corrected chi connectivity index (χ4v) is 4.01. The molecule has 0 atom stereocenters. The second-order valence-corrected chi connectivity index (χ2v) is 9.02. The topological polar surface area (TPSA) is 65.9 Å². The number of rotatable bonds is 3. The standard InChI is InChI=1S/C25H34N4O3/c1-19(2)16-24(31)29-13-7-12-26(3)14-15-28(18-20-8-5-6-9-22(20)29)25(32)21-10-11-23(30)27(4)17-21/h5-6,8-11,17,19H,7,12-16,18H2,1-4H3.